The van der Waals surface area contributed by atoms with Gasteiger partial charge in [0.25, 0.3) is 0 Å². The van der Waals surface area contributed by atoms with Gasteiger partial charge in [-0.1, -0.05) is 20.8 Å². The van der Waals surface area contributed by atoms with Crippen LogP contribution < -0.4 is 0 Å². The average Bonchev–Trinajstić information content (AvgIpc) is 2.77. The third kappa shape index (κ3) is 7.03. The van der Waals surface area contributed by atoms with Crippen LogP contribution in [-0.2, 0) is 48.5 Å². The number of hydrogen-bond acceptors (Lipinski definition) is 3. The maximum Gasteiger partial charge on any atom is 1.00 e. The minimum atomic E-state index is -0.567. The van der Waals surface area contributed by atoms with Gasteiger partial charge in [-0.2, -0.15) is 0 Å². The van der Waals surface area contributed by atoms with Crippen molar-refractivity contribution in [3.8, 4) is 0 Å². The summed E-state index contributed by atoms with van der Waals surface area (Å²) in [6.45, 7) is 10.0. The maximum absolute atomic E-state index is 5.83. The van der Waals surface area contributed by atoms with Gasteiger partial charge in [0.1, 0.15) is 0 Å². The summed E-state index contributed by atoms with van der Waals surface area (Å²) in [5.74, 6) is 0.663. The van der Waals surface area contributed by atoms with E-state index in [1.165, 1.54) is 0 Å². The molecule has 0 aromatic heterocycles. The molecule has 0 heterocycles. The second-order valence-electron chi connectivity index (χ2n) is 5.84. The molecule has 0 amide bonds. The molecule has 1 rings (SSSR count). The van der Waals surface area contributed by atoms with Crippen LogP contribution in [0.15, 0.2) is 0 Å². The SMILES string of the molecule is CC1CC1OC(C)(C)[N-]OC(C)(C)N(C)C.[Ru+].[Ru+]. The summed E-state index contributed by atoms with van der Waals surface area (Å²) in [6, 6.07) is 0. The Morgan fingerprint density at radius 1 is 1.11 bits per heavy atom. The van der Waals surface area contributed by atoms with Crippen molar-refractivity contribution < 1.29 is 48.5 Å². The molecule has 0 N–H and O–H groups in total. The van der Waals surface area contributed by atoms with E-state index in [1.54, 1.807) is 0 Å². The van der Waals surface area contributed by atoms with Crippen molar-refractivity contribution in [2.45, 2.75) is 58.6 Å². The Balaban J connectivity index is 0. The second kappa shape index (κ2) is 7.76. The first-order valence-electron chi connectivity index (χ1n) is 5.90. The zero-order valence-electron chi connectivity index (χ0n) is 12.3. The van der Waals surface area contributed by atoms with Crippen LogP contribution in [0.3, 0.4) is 0 Å². The molecule has 1 saturated carbocycles. The number of hydroxylamine groups is 1. The Bertz CT molecular complexity index is 248. The minimum absolute atomic E-state index is 0. The van der Waals surface area contributed by atoms with Gasteiger partial charge in [-0.15, -0.1) is 0 Å². The summed E-state index contributed by atoms with van der Waals surface area (Å²) in [5.41, 5.74) is 3.23. The Hall–Kier alpha value is 1.09. The van der Waals surface area contributed by atoms with E-state index < -0.39 is 11.4 Å². The van der Waals surface area contributed by atoms with Crippen molar-refractivity contribution >= 4 is 0 Å². The van der Waals surface area contributed by atoms with Crippen LogP contribution in [0, 0.1) is 5.92 Å². The third-order valence-electron chi connectivity index (χ3n) is 3.04. The monoisotopic (exact) mass is 433 g/mol. The molecular weight excluding hydrogens is 406 g/mol. The van der Waals surface area contributed by atoms with Crippen LogP contribution >= 0.6 is 0 Å². The molecule has 1 fully saturated rings. The van der Waals surface area contributed by atoms with Gasteiger partial charge < -0.3 is 15.1 Å². The summed E-state index contributed by atoms with van der Waals surface area (Å²) in [7, 11) is 3.93. The molecule has 110 valence electrons. The largest absolute Gasteiger partial charge is 1.00 e. The molecule has 2 radical (unpaired) electrons. The number of ether oxygens (including phenoxy) is 1. The van der Waals surface area contributed by atoms with Crippen LogP contribution in [0.25, 0.3) is 5.48 Å². The van der Waals surface area contributed by atoms with Crippen LogP contribution in [0.5, 0.6) is 0 Å². The third-order valence-corrected chi connectivity index (χ3v) is 3.04. The molecule has 0 saturated heterocycles. The molecule has 18 heavy (non-hydrogen) atoms. The molecule has 1 aliphatic rings. The predicted molar refractivity (Wildman–Crippen MR) is 64.9 cm³/mol. The van der Waals surface area contributed by atoms with E-state index in [0.29, 0.717) is 12.0 Å². The summed E-state index contributed by atoms with van der Waals surface area (Å²) in [6.07, 6.45) is 1.49. The number of hydrogen-bond donors (Lipinski definition) is 0. The smallest absolute Gasteiger partial charge is 0.505 e. The quantitative estimate of drug-likeness (QED) is 0.369. The summed E-state index contributed by atoms with van der Waals surface area (Å²) >= 11 is 0. The Labute approximate surface area is 137 Å². The van der Waals surface area contributed by atoms with E-state index in [2.05, 4.69) is 12.4 Å². The van der Waals surface area contributed by atoms with E-state index in [1.807, 2.05) is 46.7 Å². The molecule has 2 unspecified atom stereocenters. The molecule has 0 aromatic rings. The van der Waals surface area contributed by atoms with Gasteiger partial charge >= 0.3 is 39.0 Å². The Morgan fingerprint density at radius 3 is 1.89 bits per heavy atom. The van der Waals surface area contributed by atoms with Gasteiger partial charge in [0.05, 0.1) is 11.8 Å². The van der Waals surface area contributed by atoms with E-state index in [0.717, 1.165) is 6.42 Å². The fraction of sp³-hybridized carbons (Fsp3) is 1.00. The fourth-order valence-electron chi connectivity index (χ4n) is 1.15. The molecule has 6 heteroatoms. The van der Waals surface area contributed by atoms with Crippen LogP contribution in [0.1, 0.15) is 41.0 Å². The molecule has 1 aliphatic carbocycles. The Morgan fingerprint density at radius 2 is 1.56 bits per heavy atom. The van der Waals surface area contributed by atoms with Crippen molar-refractivity contribution in [3.05, 3.63) is 5.48 Å². The standard InChI is InChI=1S/C12H25N2O2.2Ru/c1-9-8-10(9)15-11(2,3)13-16-12(4,5)14(6)7;;/h9-10H,8H2,1-7H3;;/q-1;2*+1. The van der Waals surface area contributed by atoms with E-state index in [9.17, 15) is 0 Å². The summed E-state index contributed by atoms with van der Waals surface area (Å²) in [5, 5.41) is 0. The van der Waals surface area contributed by atoms with E-state index in [4.69, 9.17) is 9.57 Å². The first-order chi connectivity index (χ1) is 7.14. The second-order valence-corrected chi connectivity index (χ2v) is 5.84. The van der Waals surface area contributed by atoms with Crippen LogP contribution in [0.2, 0.25) is 0 Å². The van der Waals surface area contributed by atoms with Gasteiger partial charge in [0, 0.05) is 0 Å². The first kappa shape index (κ1) is 21.4. The fourth-order valence-corrected chi connectivity index (χ4v) is 1.15. The van der Waals surface area contributed by atoms with Gasteiger partial charge in [-0.25, -0.2) is 0 Å². The molecule has 0 bridgehead atoms. The van der Waals surface area contributed by atoms with Gasteiger partial charge in [0.15, 0.2) is 0 Å². The molecule has 0 aliphatic heterocycles. The average molecular weight is 431 g/mol. The zero-order chi connectivity index (χ0) is 12.6. The van der Waals surface area contributed by atoms with E-state index in [-0.39, 0.29) is 39.0 Å². The zero-order valence-corrected chi connectivity index (χ0v) is 15.8. The molecule has 0 aromatic carbocycles. The topological polar surface area (TPSA) is 35.8 Å². The molecule has 4 nitrogen and oxygen atoms in total. The summed E-state index contributed by atoms with van der Waals surface area (Å²) in [4.78, 5) is 7.52. The normalized spacial score (nSPS) is 23.3. The Kier molecular flexibility index (Phi) is 9.22. The van der Waals surface area contributed by atoms with Crippen LogP contribution in [-0.4, -0.2) is 36.5 Å². The van der Waals surface area contributed by atoms with Crippen molar-refractivity contribution in [3.63, 3.8) is 0 Å². The minimum Gasteiger partial charge on any atom is -0.505 e. The van der Waals surface area contributed by atoms with Gasteiger partial charge in [0.2, 0.25) is 0 Å². The molecular formula is C12H25N2O2Ru2+. The summed E-state index contributed by atoms with van der Waals surface area (Å²) < 4.78 is 5.83. The number of rotatable bonds is 6. The van der Waals surface area contributed by atoms with Crippen LogP contribution in [0.4, 0.5) is 0 Å². The first-order valence-corrected chi connectivity index (χ1v) is 5.90. The maximum atomic E-state index is 5.83. The van der Waals surface area contributed by atoms with Crippen molar-refractivity contribution in [1.82, 2.24) is 4.90 Å². The van der Waals surface area contributed by atoms with Crippen molar-refractivity contribution in [1.29, 1.82) is 0 Å². The van der Waals surface area contributed by atoms with Gasteiger partial charge in [-0.3, -0.25) is 4.90 Å². The van der Waals surface area contributed by atoms with E-state index >= 15 is 0 Å². The predicted octanol–water partition coefficient (Wildman–Crippen LogP) is 2.75. The van der Waals surface area contributed by atoms with Crippen molar-refractivity contribution in [2.24, 2.45) is 5.92 Å². The number of nitrogens with zero attached hydrogens (tertiary/aromatic N) is 2. The van der Waals surface area contributed by atoms with Crippen molar-refractivity contribution in [2.75, 3.05) is 14.1 Å². The van der Waals surface area contributed by atoms with Gasteiger partial charge in [-0.05, 0) is 46.0 Å². The molecule has 2 atom stereocenters. The molecule has 0 spiro atoms.